The van der Waals surface area contributed by atoms with Crippen molar-refractivity contribution in [2.45, 2.75) is 51.2 Å². The van der Waals surface area contributed by atoms with Gasteiger partial charge in [-0.25, -0.2) is 8.42 Å². The van der Waals surface area contributed by atoms with Crippen molar-refractivity contribution in [3.8, 4) is 5.75 Å². The molecule has 0 spiro atoms. The lowest BCUT2D eigenvalue weighted by atomic mass is 10.0. The molecule has 7 nitrogen and oxygen atoms in total. The van der Waals surface area contributed by atoms with Gasteiger partial charge in [-0.2, -0.15) is 4.31 Å². The van der Waals surface area contributed by atoms with E-state index in [0.717, 1.165) is 22.4 Å². The van der Waals surface area contributed by atoms with Crippen molar-refractivity contribution in [3.05, 3.63) is 59.2 Å². The molecule has 1 aliphatic rings. The van der Waals surface area contributed by atoms with Crippen LogP contribution in [0.25, 0.3) is 0 Å². The molecule has 1 heterocycles. The summed E-state index contributed by atoms with van der Waals surface area (Å²) in [6, 6.07) is 12.6. The molecule has 8 heteroatoms. The maximum Gasteiger partial charge on any atom is 0.261 e. The third kappa shape index (κ3) is 5.88. The Morgan fingerprint density at radius 2 is 1.75 bits per heavy atom. The molecule has 3 rings (SSSR count). The number of carbonyl (C=O) groups is 1. The SMILES string of the molecule is Cc1ccc(C(C)C)c(OC(C)C(=O)NCc2ccc(S(=O)(=O)N3CCOCC3)cc2)c1. The molecule has 32 heavy (non-hydrogen) atoms. The van der Waals surface area contributed by atoms with Crippen molar-refractivity contribution < 1.29 is 22.7 Å². The van der Waals surface area contributed by atoms with Crippen molar-refractivity contribution in [1.82, 2.24) is 9.62 Å². The van der Waals surface area contributed by atoms with Crippen LogP contribution >= 0.6 is 0 Å². The summed E-state index contributed by atoms with van der Waals surface area (Å²) in [7, 11) is -3.53. The molecule has 0 aliphatic carbocycles. The molecule has 1 amide bonds. The van der Waals surface area contributed by atoms with Gasteiger partial charge >= 0.3 is 0 Å². The number of ether oxygens (including phenoxy) is 2. The molecule has 0 radical (unpaired) electrons. The first kappa shape index (κ1) is 24.2. The van der Waals surface area contributed by atoms with Gasteiger partial charge in [0.25, 0.3) is 5.91 Å². The standard InChI is InChI=1S/C24H32N2O5S/c1-17(2)22-10-5-18(3)15-23(22)31-19(4)24(27)25-16-20-6-8-21(9-7-20)32(28,29)26-11-13-30-14-12-26/h5-10,15,17,19H,11-14,16H2,1-4H3,(H,25,27). The van der Waals surface area contributed by atoms with Gasteiger partial charge in [0.1, 0.15) is 5.75 Å². The second kappa shape index (κ2) is 10.5. The lowest BCUT2D eigenvalue weighted by Gasteiger charge is -2.26. The summed E-state index contributed by atoms with van der Waals surface area (Å²) in [5, 5.41) is 2.86. The van der Waals surface area contributed by atoms with Gasteiger partial charge < -0.3 is 14.8 Å². The Bertz CT molecular complexity index is 1030. The normalized spacial score (nSPS) is 16.0. The molecule has 2 aromatic carbocycles. The van der Waals surface area contributed by atoms with Gasteiger partial charge in [-0.05, 0) is 54.7 Å². The summed E-state index contributed by atoms with van der Waals surface area (Å²) in [4.78, 5) is 12.8. The highest BCUT2D eigenvalue weighted by molar-refractivity contribution is 7.89. The fourth-order valence-electron chi connectivity index (χ4n) is 3.51. The molecular weight excluding hydrogens is 428 g/mol. The molecule has 1 fully saturated rings. The molecule has 174 valence electrons. The van der Waals surface area contributed by atoms with Gasteiger partial charge in [-0.15, -0.1) is 0 Å². The summed E-state index contributed by atoms with van der Waals surface area (Å²) in [6.45, 7) is 9.71. The van der Waals surface area contributed by atoms with E-state index in [4.69, 9.17) is 9.47 Å². The zero-order chi connectivity index (χ0) is 23.3. The lowest BCUT2D eigenvalue weighted by Crippen LogP contribution is -2.40. The fourth-order valence-corrected chi connectivity index (χ4v) is 4.92. The summed E-state index contributed by atoms with van der Waals surface area (Å²) in [5.74, 6) is 0.777. The predicted octanol–water partition coefficient (Wildman–Crippen LogP) is 3.22. The number of sulfonamides is 1. The lowest BCUT2D eigenvalue weighted by molar-refractivity contribution is -0.127. The third-order valence-electron chi connectivity index (χ3n) is 5.46. The van der Waals surface area contributed by atoms with Gasteiger partial charge in [0, 0.05) is 19.6 Å². The number of nitrogens with zero attached hydrogens (tertiary/aromatic N) is 1. The fraction of sp³-hybridized carbons (Fsp3) is 0.458. The van der Waals surface area contributed by atoms with Crippen LogP contribution in [0.4, 0.5) is 0 Å². The Morgan fingerprint density at radius 3 is 2.38 bits per heavy atom. The predicted molar refractivity (Wildman–Crippen MR) is 123 cm³/mol. The van der Waals surface area contributed by atoms with Crippen molar-refractivity contribution in [2.24, 2.45) is 0 Å². The first-order valence-electron chi connectivity index (χ1n) is 10.9. The minimum absolute atomic E-state index is 0.230. The molecule has 1 N–H and O–H groups in total. The quantitative estimate of drug-likeness (QED) is 0.654. The minimum atomic E-state index is -3.53. The van der Waals surface area contributed by atoms with Gasteiger partial charge in [0.15, 0.2) is 6.10 Å². The smallest absolute Gasteiger partial charge is 0.261 e. The Balaban J connectivity index is 1.58. The number of amides is 1. The van der Waals surface area contributed by atoms with E-state index < -0.39 is 16.1 Å². The van der Waals surface area contributed by atoms with Crippen molar-refractivity contribution >= 4 is 15.9 Å². The molecule has 2 aromatic rings. The van der Waals surface area contributed by atoms with E-state index in [2.05, 4.69) is 19.2 Å². The Kier molecular flexibility index (Phi) is 7.92. The zero-order valence-corrected chi connectivity index (χ0v) is 19.9. The summed E-state index contributed by atoms with van der Waals surface area (Å²) in [5.41, 5.74) is 2.95. The third-order valence-corrected chi connectivity index (χ3v) is 7.37. The average Bonchev–Trinajstić information content (AvgIpc) is 2.78. The molecule has 1 aliphatic heterocycles. The molecular formula is C24H32N2O5S. The second-order valence-corrected chi connectivity index (χ2v) is 10.3. The first-order valence-corrected chi connectivity index (χ1v) is 12.3. The number of carbonyl (C=O) groups excluding carboxylic acids is 1. The van der Waals surface area contributed by atoms with Crippen LogP contribution in [0.15, 0.2) is 47.4 Å². The number of hydrogen-bond acceptors (Lipinski definition) is 5. The minimum Gasteiger partial charge on any atom is -0.481 e. The molecule has 1 unspecified atom stereocenters. The Labute approximate surface area is 190 Å². The molecule has 0 saturated carbocycles. The second-order valence-electron chi connectivity index (χ2n) is 8.33. The van der Waals surface area contributed by atoms with Crippen LogP contribution in [0.5, 0.6) is 5.75 Å². The molecule has 1 atom stereocenters. The number of aryl methyl sites for hydroxylation is 1. The Morgan fingerprint density at radius 1 is 1.09 bits per heavy atom. The van der Waals surface area contributed by atoms with Crippen LogP contribution in [0.3, 0.4) is 0 Å². The highest BCUT2D eigenvalue weighted by Gasteiger charge is 2.26. The van der Waals surface area contributed by atoms with Crippen molar-refractivity contribution in [1.29, 1.82) is 0 Å². The number of benzene rings is 2. The molecule has 0 bridgehead atoms. The summed E-state index contributed by atoms with van der Waals surface area (Å²) in [6.07, 6.45) is -0.657. The topological polar surface area (TPSA) is 84.9 Å². The van der Waals surface area contributed by atoms with Crippen LogP contribution in [-0.2, 0) is 26.1 Å². The Hall–Kier alpha value is -2.42. The highest BCUT2D eigenvalue weighted by Crippen LogP contribution is 2.28. The maximum atomic E-state index is 12.7. The van der Waals surface area contributed by atoms with E-state index in [-0.39, 0.29) is 23.3 Å². The van der Waals surface area contributed by atoms with E-state index in [0.29, 0.717) is 26.3 Å². The maximum absolute atomic E-state index is 12.7. The van der Waals surface area contributed by atoms with Gasteiger partial charge in [-0.3, -0.25) is 4.79 Å². The van der Waals surface area contributed by atoms with Crippen LogP contribution in [0.1, 0.15) is 43.4 Å². The monoisotopic (exact) mass is 460 g/mol. The number of nitrogens with one attached hydrogen (secondary N) is 1. The van der Waals surface area contributed by atoms with Crippen LogP contribution in [-0.4, -0.2) is 51.0 Å². The number of hydrogen-bond donors (Lipinski definition) is 1. The molecule has 0 aromatic heterocycles. The highest BCUT2D eigenvalue weighted by atomic mass is 32.2. The van der Waals surface area contributed by atoms with Crippen molar-refractivity contribution in [2.75, 3.05) is 26.3 Å². The van der Waals surface area contributed by atoms with E-state index in [1.54, 1.807) is 31.2 Å². The van der Waals surface area contributed by atoms with E-state index in [9.17, 15) is 13.2 Å². The van der Waals surface area contributed by atoms with Crippen LogP contribution in [0, 0.1) is 6.92 Å². The van der Waals surface area contributed by atoms with Crippen LogP contribution in [0.2, 0.25) is 0 Å². The average molecular weight is 461 g/mol. The van der Waals surface area contributed by atoms with Crippen LogP contribution < -0.4 is 10.1 Å². The summed E-state index contributed by atoms with van der Waals surface area (Å²) < 4.78 is 38.0. The molecule has 1 saturated heterocycles. The van der Waals surface area contributed by atoms with E-state index in [1.165, 1.54) is 4.31 Å². The number of rotatable bonds is 8. The van der Waals surface area contributed by atoms with Gasteiger partial charge in [-0.1, -0.05) is 38.1 Å². The van der Waals surface area contributed by atoms with E-state index >= 15 is 0 Å². The van der Waals surface area contributed by atoms with Gasteiger partial charge in [0.05, 0.1) is 18.1 Å². The first-order chi connectivity index (χ1) is 15.2. The van der Waals surface area contributed by atoms with Crippen molar-refractivity contribution in [3.63, 3.8) is 0 Å². The summed E-state index contributed by atoms with van der Waals surface area (Å²) >= 11 is 0. The van der Waals surface area contributed by atoms with Gasteiger partial charge in [0.2, 0.25) is 10.0 Å². The number of morpholine rings is 1. The largest absolute Gasteiger partial charge is 0.481 e. The van der Waals surface area contributed by atoms with E-state index in [1.807, 2.05) is 25.1 Å². The zero-order valence-electron chi connectivity index (χ0n) is 19.1.